The zero-order chi connectivity index (χ0) is 16.4. The van der Waals surface area contributed by atoms with Crippen LogP contribution in [0.1, 0.15) is 12.8 Å². The topological polar surface area (TPSA) is 49.4 Å². The standard InChI is InChI=1S/C17H21ClN2O2S/c1-19-11-13-5-4-10-20(12-13)23(21,22)17-9-8-16(18)14-6-2-3-7-15(14)17/h2-3,6-9,13,19H,4-5,10-12H2,1H3. The summed E-state index contributed by atoms with van der Waals surface area (Å²) in [4.78, 5) is 0.350. The lowest BCUT2D eigenvalue weighted by Crippen LogP contribution is -2.42. The fourth-order valence-electron chi connectivity index (χ4n) is 3.30. The second kappa shape index (κ2) is 6.77. The molecule has 3 rings (SSSR count). The molecule has 0 radical (unpaired) electrons. The minimum Gasteiger partial charge on any atom is -0.319 e. The number of benzene rings is 2. The largest absolute Gasteiger partial charge is 0.319 e. The lowest BCUT2D eigenvalue weighted by Gasteiger charge is -2.32. The molecule has 0 aliphatic carbocycles. The van der Waals surface area contributed by atoms with Gasteiger partial charge in [-0.2, -0.15) is 4.31 Å². The van der Waals surface area contributed by atoms with Gasteiger partial charge in [-0.25, -0.2) is 8.42 Å². The Kier molecular flexibility index (Phi) is 4.92. The van der Waals surface area contributed by atoms with E-state index in [0.717, 1.165) is 24.8 Å². The third-order valence-electron chi connectivity index (χ3n) is 4.42. The van der Waals surface area contributed by atoms with E-state index in [1.165, 1.54) is 0 Å². The summed E-state index contributed by atoms with van der Waals surface area (Å²) < 4.78 is 27.9. The van der Waals surface area contributed by atoms with Crippen LogP contribution in [0.2, 0.25) is 5.02 Å². The number of rotatable bonds is 4. The van der Waals surface area contributed by atoms with Crippen LogP contribution in [-0.4, -0.2) is 39.4 Å². The summed E-state index contributed by atoms with van der Waals surface area (Å²) in [5.74, 6) is 0.363. The number of piperidine rings is 1. The molecule has 1 heterocycles. The molecule has 2 aromatic rings. The molecule has 1 fully saturated rings. The Labute approximate surface area is 142 Å². The number of hydrogen-bond donors (Lipinski definition) is 1. The quantitative estimate of drug-likeness (QED) is 0.919. The zero-order valence-corrected chi connectivity index (χ0v) is 14.7. The molecule has 124 valence electrons. The third kappa shape index (κ3) is 3.24. The molecule has 0 saturated carbocycles. The normalized spacial score (nSPS) is 20.0. The van der Waals surface area contributed by atoms with Gasteiger partial charge in [-0.05, 0) is 44.5 Å². The van der Waals surface area contributed by atoms with Gasteiger partial charge in [0.2, 0.25) is 10.0 Å². The molecular formula is C17H21ClN2O2S. The Bertz CT molecular complexity index is 805. The zero-order valence-electron chi connectivity index (χ0n) is 13.1. The summed E-state index contributed by atoms with van der Waals surface area (Å²) in [6.45, 7) is 1.99. The van der Waals surface area contributed by atoms with Gasteiger partial charge in [0.05, 0.1) is 4.90 Å². The van der Waals surface area contributed by atoms with Gasteiger partial charge >= 0.3 is 0 Å². The average Bonchev–Trinajstić information content (AvgIpc) is 2.56. The van der Waals surface area contributed by atoms with Gasteiger partial charge in [-0.1, -0.05) is 35.9 Å². The molecule has 1 aliphatic rings. The first-order valence-corrected chi connectivity index (χ1v) is 9.68. The van der Waals surface area contributed by atoms with Crippen molar-refractivity contribution in [3.8, 4) is 0 Å². The summed E-state index contributed by atoms with van der Waals surface area (Å²) in [6.07, 6.45) is 1.96. The lowest BCUT2D eigenvalue weighted by atomic mass is 10.00. The van der Waals surface area contributed by atoms with E-state index in [0.29, 0.717) is 34.3 Å². The van der Waals surface area contributed by atoms with Gasteiger partial charge in [0.1, 0.15) is 0 Å². The first kappa shape index (κ1) is 16.7. The van der Waals surface area contributed by atoms with Crippen molar-refractivity contribution in [2.75, 3.05) is 26.7 Å². The van der Waals surface area contributed by atoms with E-state index < -0.39 is 10.0 Å². The van der Waals surface area contributed by atoms with E-state index in [2.05, 4.69) is 5.32 Å². The van der Waals surface area contributed by atoms with Gasteiger partial charge < -0.3 is 5.32 Å². The fourth-order valence-corrected chi connectivity index (χ4v) is 5.28. The Balaban J connectivity index is 2.02. The maximum absolute atomic E-state index is 13.1. The van der Waals surface area contributed by atoms with E-state index in [4.69, 9.17) is 11.6 Å². The van der Waals surface area contributed by atoms with Crippen LogP contribution in [0.15, 0.2) is 41.3 Å². The van der Waals surface area contributed by atoms with Crippen molar-refractivity contribution in [2.45, 2.75) is 17.7 Å². The second-order valence-electron chi connectivity index (χ2n) is 6.02. The van der Waals surface area contributed by atoms with Crippen LogP contribution < -0.4 is 5.32 Å². The van der Waals surface area contributed by atoms with Crippen molar-refractivity contribution in [2.24, 2.45) is 5.92 Å². The Morgan fingerprint density at radius 2 is 1.96 bits per heavy atom. The number of nitrogens with one attached hydrogen (secondary N) is 1. The monoisotopic (exact) mass is 352 g/mol. The Hall–Kier alpha value is -1.14. The van der Waals surface area contributed by atoms with E-state index in [1.807, 2.05) is 31.3 Å². The number of nitrogens with zero attached hydrogens (tertiary/aromatic N) is 1. The summed E-state index contributed by atoms with van der Waals surface area (Å²) in [6, 6.07) is 10.7. The molecule has 0 aromatic heterocycles. The first-order chi connectivity index (χ1) is 11.0. The van der Waals surface area contributed by atoms with Crippen LogP contribution in [0.25, 0.3) is 10.8 Å². The number of sulfonamides is 1. The highest BCUT2D eigenvalue weighted by molar-refractivity contribution is 7.89. The molecule has 1 atom stereocenters. The minimum absolute atomic E-state index is 0.350. The molecule has 0 amide bonds. The van der Waals surface area contributed by atoms with Gasteiger partial charge in [0.15, 0.2) is 0 Å². The van der Waals surface area contributed by atoms with Crippen LogP contribution in [-0.2, 0) is 10.0 Å². The molecule has 4 nitrogen and oxygen atoms in total. The lowest BCUT2D eigenvalue weighted by molar-refractivity contribution is 0.263. The molecule has 2 aromatic carbocycles. The highest BCUT2D eigenvalue weighted by Crippen LogP contribution is 2.32. The van der Waals surface area contributed by atoms with Crippen LogP contribution in [0.5, 0.6) is 0 Å². The van der Waals surface area contributed by atoms with Gasteiger partial charge in [-0.3, -0.25) is 0 Å². The smallest absolute Gasteiger partial charge is 0.243 e. The first-order valence-electron chi connectivity index (χ1n) is 7.86. The molecule has 1 aliphatic heterocycles. The molecule has 6 heteroatoms. The molecule has 23 heavy (non-hydrogen) atoms. The SMILES string of the molecule is CNCC1CCCN(S(=O)(=O)c2ccc(Cl)c3ccccc23)C1. The minimum atomic E-state index is -3.51. The second-order valence-corrected chi connectivity index (χ2v) is 8.33. The average molecular weight is 353 g/mol. The van der Waals surface area contributed by atoms with Crippen molar-refractivity contribution >= 4 is 32.4 Å². The summed E-state index contributed by atoms with van der Waals surface area (Å²) in [7, 11) is -1.61. The Morgan fingerprint density at radius 3 is 2.70 bits per heavy atom. The molecule has 1 unspecified atom stereocenters. The maximum Gasteiger partial charge on any atom is 0.243 e. The van der Waals surface area contributed by atoms with Crippen molar-refractivity contribution < 1.29 is 8.42 Å². The van der Waals surface area contributed by atoms with Gasteiger partial charge in [0.25, 0.3) is 0 Å². The van der Waals surface area contributed by atoms with Gasteiger partial charge in [-0.15, -0.1) is 0 Å². The Morgan fingerprint density at radius 1 is 1.22 bits per heavy atom. The van der Waals surface area contributed by atoms with E-state index in [9.17, 15) is 8.42 Å². The molecule has 1 N–H and O–H groups in total. The predicted molar refractivity (Wildman–Crippen MR) is 94.4 cm³/mol. The highest BCUT2D eigenvalue weighted by Gasteiger charge is 2.31. The van der Waals surface area contributed by atoms with E-state index in [1.54, 1.807) is 16.4 Å². The number of hydrogen-bond acceptors (Lipinski definition) is 3. The molecule has 0 bridgehead atoms. The van der Waals surface area contributed by atoms with Crippen LogP contribution in [0.3, 0.4) is 0 Å². The van der Waals surface area contributed by atoms with Gasteiger partial charge in [0, 0.05) is 28.9 Å². The maximum atomic E-state index is 13.1. The number of halogens is 1. The molecule has 0 spiro atoms. The highest BCUT2D eigenvalue weighted by atomic mass is 35.5. The van der Waals surface area contributed by atoms with Crippen LogP contribution in [0.4, 0.5) is 0 Å². The third-order valence-corrected chi connectivity index (χ3v) is 6.68. The predicted octanol–water partition coefficient (Wildman–Crippen LogP) is 3.11. The summed E-state index contributed by atoms with van der Waals surface area (Å²) >= 11 is 6.21. The fraction of sp³-hybridized carbons (Fsp3) is 0.412. The van der Waals surface area contributed by atoms with Crippen molar-refractivity contribution in [1.29, 1.82) is 0 Å². The van der Waals surface area contributed by atoms with Crippen LogP contribution >= 0.6 is 11.6 Å². The summed E-state index contributed by atoms with van der Waals surface area (Å²) in [5.41, 5.74) is 0. The number of fused-ring (bicyclic) bond motifs is 1. The molecule has 1 saturated heterocycles. The molecular weight excluding hydrogens is 332 g/mol. The van der Waals surface area contributed by atoms with Crippen molar-refractivity contribution in [3.05, 3.63) is 41.4 Å². The van der Waals surface area contributed by atoms with Crippen molar-refractivity contribution in [1.82, 2.24) is 9.62 Å². The van der Waals surface area contributed by atoms with E-state index >= 15 is 0 Å². The van der Waals surface area contributed by atoms with Crippen molar-refractivity contribution in [3.63, 3.8) is 0 Å². The summed E-state index contributed by atoms with van der Waals surface area (Å²) in [5, 5.41) is 5.19. The van der Waals surface area contributed by atoms with Crippen LogP contribution in [0, 0.1) is 5.92 Å². The van der Waals surface area contributed by atoms with E-state index in [-0.39, 0.29) is 0 Å².